The molecule has 3 rings (SSSR count). The Morgan fingerprint density at radius 2 is 1.63 bits per heavy atom. The van der Waals surface area contributed by atoms with Crippen molar-refractivity contribution in [1.82, 2.24) is 0 Å². The van der Waals surface area contributed by atoms with E-state index in [4.69, 9.17) is 9.84 Å². The first-order valence-corrected chi connectivity index (χ1v) is 5.94. The Labute approximate surface area is 108 Å². The highest BCUT2D eigenvalue weighted by molar-refractivity contribution is 6.19. The third-order valence-corrected chi connectivity index (χ3v) is 3.38. The van der Waals surface area contributed by atoms with Crippen LogP contribution in [0.2, 0.25) is 0 Å². The molecule has 2 saturated heterocycles. The maximum Gasteiger partial charge on any atom is 0.335 e. The number of hydrogen-bond acceptors (Lipinski definition) is 4. The molecular weight excluding hydrogens is 250 g/mol. The summed E-state index contributed by atoms with van der Waals surface area (Å²) in [4.78, 5) is 36.0. The molecule has 6 nitrogen and oxygen atoms in total. The summed E-state index contributed by atoms with van der Waals surface area (Å²) in [5, 5.41) is 8.82. The van der Waals surface area contributed by atoms with E-state index in [1.54, 1.807) is 0 Å². The number of anilines is 1. The molecule has 19 heavy (non-hydrogen) atoms. The summed E-state index contributed by atoms with van der Waals surface area (Å²) < 4.78 is 5.30. The number of carboxylic acids is 1. The summed E-state index contributed by atoms with van der Waals surface area (Å²) in [6, 6.07) is 5.67. The quantitative estimate of drug-likeness (QED) is 0.796. The zero-order chi connectivity index (χ0) is 13.6. The summed E-state index contributed by atoms with van der Waals surface area (Å²) in [6.07, 6.45) is 0.00134. The van der Waals surface area contributed by atoms with E-state index in [1.165, 1.54) is 24.3 Å². The average Bonchev–Trinajstić information content (AvgIpc) is 2.84. The van der Waals surface area contributed by atoms with Crippen molar-refractivity contribution in [2.45, 2.75) is 25.0 Å². The first-order chi connectivity index (χ1) is 9.08. The van der Waals surface area contributed by atoms with Crippen molar-refractivity contribution in [1.29, 1.82) is 0 Å². The lowest BCUT2D eigenvalue weighted by atomic mass is 10.1. The second kappa shape index (κ2) is 4.17. The van der Waals surface area contributed by atoms with Gasteiger partial charge in [-0.25, -0.2) is 9.69 Å². The van der Waals surface area contributed by atoms with Crippen molar-refractivity contribution < 1.29 is 24.2 Å². The number of hydrogen-bond donors (Lipinski definition) is 1. The van der Waals surface area contributed by atoms with Gasteiger partial charge in [-0.1, -0.05) is 0 Å². The molecule has 2 fully saturated rings. The Morgan fingerprint density at radius 3 is 2.11 bits per heavy atom. The smallest absolute Gasteiger partial charge is 0.335 e. The number of carbonyl (C=O) groups is 3. The third-order valence-electron chi connectivity index (χ3n) is 3.38. The first kappa shape index (κ1) is 11.9. The normalized spacial score (nSPS) is 25.8. The van der Waals surface area contributed by atoms with E-state index in [1.807, 2.05) is 0 Å². The van der Waals surface area contributed by atoms with Crippen molar-refractivity contribution in [2.24, 2.45) is 0 Å². The number of rotatable bonds is 2. The van der Waals surface area contributed by atoms with Crippen LogP contribution in [0.25, 0.3) is 0 Å². The highest BCUT2D eigenvalue weighted by atomic mass is 16.5. The van der Waals surface area contributed by atoms with Crippen LogP contribution < -0.4 is 4.90 Å². The highest BCUT2D eigenvalue weighted by Crippen LogP contribution is 2.31. The third kappa shape index (κ3) is 1.80. The van der Waals surface area contributed by atoms with Gasteiger partial charge in [0.15, 0.2) is 0 Å². The van der Waals surface area contributed by atoms with Gasteiger partial charge in [0.25, 0.3) is 11.8 Å². The molecule has 2 heterocycles. The molecule has 2 aliphatic heterocycles. The van der Waals surface area contributed by atoms with Crippen LogP contribution in [-0.2, 0) is 14.3 Å². The van der Waals surface area contributed by atoms with Crippen molar-refractivity contribution in [2.75, 3.05) is 4.90 Å². The number of carbonyl (C=O) groups excluding carboxylic acids is 2. The average molecular weight is 261 g/mol. The van der Waals surface area contributed by atoms with Gasteiger partial charge in [0.2, 0.25) is 0 Å². The summed E-state index contributed by atoms with van der Waals surface area (Å²) >= 11 is 0. The molecule has 2 unspecified atom stereocenters. The number of imide groups is 1. The number of carboxylic acid groups (broad SMARTS) is 1. The molecule has 0 saturated carbocycles. The monoisotopic (exact) mass is 261 g/mol. The van der Waals surface area contributed by atoms with Crippen molar-refractivity contribution in [3.8, 4) is 0 Å². The summed E-state index contributed by atoms with van der Waals surface area (Å²) in [7, 11) is 0. The topological polar surface area (TPSA) is 83.9 Å². The molecule has 0 aromatic heterocycles. The van der Waals surface area contributed by atoms with Crippen LogP contribution in [0, 0.1) is 0 Å². The van der Waals surface area contributed by atoms with E-state index in [0.717, 1.165) is 4.90 Å². The summed E-state index contributed by atoms with van der Waals surface area (Å²) in [5.41, 5.74) is 0.500. The molecule has 2 atom stereocenters. The van der Waals surface area contributed by atoms with Crippen molar-refractivity contribution >= 4 is 23.5 Å². The van der Waals surface area contributed by atoms with Gasteiger partial charge >= 0.3 is 5.97 Å². The first-order valence-electron chi connectivity index (χ1n) is 5.94. The largest absolute Gasteiger partial charge is 0.478 e. The Bertz CT molecular complexity index is 543. The van der Waals surface area contributed by atoms with Gasteiger partial charge < -0.3 is 9.84 Å². The minimum atomic E-state index is -1.05. The Morgan fingerprint density at radius 1 is 1.11 bits per heavy atom. The zero-order valence-electron chi connectivity index (χ0n) is 9.91. The van der Waals surface area contributed by atoms with Gasteiger partial charge in [-0.15, -0.1) is 0 Å². The molecule has 2 aliphatic rings. The lowest BCUT2D eigenvalue weighted by Gasteiger charge is -2.29. The fourth-order valence-electron chi connectivity index (χ4n) is 2.40. The predicted molar refractivity (Wildman–Crippen MR) is 63.8 cm³/mol. The Hall–Kier alpha value is -2.21. The van der Waals surface area contributed by atoms with Crippen LogP contribution in [-0.4, -0.2) is 35.1 Å². The molecule has 2 bridgehead atoms. The minimum Gasteiger partial charge on any atom is -0.478 e. The number of nitrogens with zero attached hydrogens (tertiary/aromatic N) is 1. The molecular formula is C13H11NO5. The van der Waals surface area contributed by atoms with Crippen LogP contribution in [0.1, 0.15) is 23.2 Å². The minimum absolute atomic E-state index is 0.111. The predicted octanol–water partition coefficient (Wildman–Crippen LogP) is 0.806. The molecule has 6 heteroatoms. The molecule has 2 amide bonds. The molecule has 0 aliphatic carbocycles. The number of morpholine rings is 1. The van der Waals surface area contributed by atoms with Crippen LogP contribution in [0.4, 0.5) is 5.69 Å². The summed E-state index contributed by atoms with van der Waals surface area (Å²) in [6.45, 7) is 0. The van der Waals surface area contributed by atoms with Gasteiger partial charge in [-0.05, 0) is 37.1 Å². The molecule has 1 aromatic rings. The number of amides is 2. The fraction of sp³-hybridized carbons (Fsp3) is 0.308. The number of fused-ring (bicyclic) bond motifs is 2. The van der Waals surface area contributed by atoms with E-state index in [9.17, 15) is 14.4 Å². The molecule has 0 spiro atoms. The van der Waals surface area contributed by atoms with E-state index < -0.39 is 18.2 Å². The maximum absolute atomic E-state index is 12.1. The number of benzene rings is 1. The Balaban J connectivity index is 1.94. The van der Waals surface area contributed by atoms with E-state index in [0.29, 0.717) is 18.5 Å². The SMILES string of the molecule is O=C(O)c1ccc(N2C(=O)C3CCC(O3)C2=O)cc1. The van der Waals surface area contributed by atoms with Crippen LogP contribution in [0.3, 0.4) is 0 Å². The highest BCUT2D eigenvalue weighted by Gasteiger charge is 2.47. The second-order valence-corrected chi connectivity index (χ2v) is 4.55. The van der Waals surface area contributed by atoms with Crippen LogP contribution >= 0.6 is 0 Å². The maximum atomic E-state index is 12.1. The fourth-order valence-corrected chi connectivity index (χ4v) is 2.40. The van der Waals surface area contributed by atoms with Crippen LogP contribution in [0.5, 0.6) is 0 Å². The van der Waals surface area contributed by atoms with E-state index in [2.05, 4.69) is 0 Å². The van der Waals surface area contributed by atoms with Crippen molar-refractivity contribution in [3.63, 3.8) is 0 Å². The van der Waals surface area contributed by atoms with E-state index >= 15 is 0 Å². The Kier molecular flexibility index (Phi) is 2.60. The van der Waals surface area contributed by atoms with Gasteiger partial charge in [0.05, 0.1) is 11.3 Å². The second-order valence-electron chi connectivity index (χ2n) is 4.55. The molecule has 1 N–H and O–H groups in total. The lowest BCUT2D eigenvalue weighted by molar-refractivity contribution is -0.146. The van der Waals surface area contributed by atoms with Crippen molar-refractivity contribution in [3.05, 3.63) is 29.8 Å². The standard InChI is InChI=1S/C13H11NO5/c15-11-9-5-6-10(19-9)12(16)14(11)8-3-1-7(2-4-8)13(17)18/h1-4,9-10H,5-6H2,(H,17,18). The van der Waals surface area contributed by atoms with Gasteiger partial charge in [-0.3, -0.25) is 9.59 Å². The van der Waals surface area contributed by atoms with Gasteiger partial charge in [0.1, 0.15) is 12.2 Å². The van der Waals surface area contributed by atoms with Crippen LogP contribution in [0.15, 0.2) is 24.3 Å². The lowest BCUT2D eigenvalue weighted by Crippen LogP contribution is -2.52. The molecule has 0 radical (unpaired) electrons. The summed E-state index contributed by atoms with van der Waals surface area (Å²) in [5.74, 6) is -1.80. The van der Waals surface area contributed by atoms with E-state index in [-0.39, 0.29) is 17.4 Å². The number of aromatic carboxylic acids is 1. The van der Waals surface area contributed by atoms with Gasteiger partial charge in [-0.2, -0.15) is 0 Å². The number of ether oxygens (including phenoxy) is 1. The van der Waals surface area contributed by atoms with Gasteiger partial charge in [0, 0.05) is 0 Å². The molecule has 98 valence electrons. The molecule has 1 aromatic carbocycles. The zero-order valence-corrected chi connectivity index (χ0v) is 9.91.